The molecule has 1 saturated heterocycles. The molecule has 1 aromatic carbocycles. The number of aliphatic carboxylic acids is 1. The maximum Gasteiger partial charge on any atom is 0.303 e. The number of carbonyl (C=O) groups is 2. The van der Waals surface area contributed by atoms with Crippen molar-refractivity contribution >= 4 is 35.1 Å². The van der Waals surface area contributed by atoms with Crippen LogP contribution >= 0.6 is 23.2 Å². The Morgan fingerprint density at radius 1 is 1.23 bits per heavy atom. The van der Waals surface area contributed by atoms with E-state index in [0.717, 1.165) is 5.69 Å². The number of aryl methyl sites for hydroxylation is 1. The molecule has 1 aromatic heterocycles. The molecule has 1 N–H and O–H groups in total. The number of hydrogen-bond acceptors (Lipinski definition) is 3. The number of hydrogen-bond donors (Lipinski definition) is 1. The van der Waals surface area contributed by atoms with Crippen LogP contribution in [0.25, 0.3) is 5.69 Å². The number of nitrogens with zero attached hydrogens (tertiary/aromatic N) is 3. The molecule has 0 unspecified atom stereocenters. The van der Waals surface area contributed by atoms with Crippen LogP contribution in [0.15, 0.2) is 24.3 Å². The second-order valence-corrected chi connectivity index (χ2v) is 7.36. The number of carbonyl (C=O) groups excluding carboxylic acids is 1. The van der Waals surface area contributed by atoms with E-state index < -0.39 is 5.97 Å². The van der Waals surface area contributed by atoms with Gasteiger partial charge in [0.25, 0.3) is 5.91 Å². The Morgan fingerprint density at radius 2 is 1.92 bits per heavy atom. The summed E-state index contributed by atoms with van der Waals surface area (Å²) in [5.41, 5.74) is 1.80. The Hall–Kier alpha value is -2.05. The van der Waals surface area contributed by atoms with Gasteiger partial charge in [0, 0.05) is 30.2 Å². The third-order valence-electron chi connectivity index (χ3n) is 4.61. The number of halogens is 2. The summed E-state index contributed by atoms with van der Waals surface area (Å²) in [5.74, 6) is -0.807. The number of piperidine rings is 1. The van der Waals surface area contributed by atoms with Gasteiger partial charge in [0.1, 0.15) is 0 Å². The zero-order valence-electron chi connectivity index (χ0n) is 14.3. The predicted molar refractivity (Wildman–Crippen MR) is 99.2 cm³/mol. The summed E-state index contributed by atoms with van der Waals surface area (Å²) in [6.45, 7) is 2.95. The largest absolute Gasteiger partial charge is 0.481 e. The molecule has 0 aliphatic carbocycles. The summed E-state index contributed by atoms with van der Waals surface area (Å²) in [7, 11) is 0. The van der Waals surface area contributed by atoms with Crippen LogP contribution in [0.1, 0.15) is 35.4 Å². The molecule has 8 heteroatoms. The number of carboxylic acids is 1. The van der Waals surface area contributed by atoms with E-state index in [1.54, 1.807) is 33.8 Å². The van der Waals surface area contributed by atoms with Gasteiger partial charge in [-0.05, 0) is 49.9 Å². The van der Waals surface area contributed by atoms with Crippen molar-refractivity contribution in [3.8, 4) is 5.69 Å². The number of amides is 1. The molecule has 1 aliphatic heterocycles. The molecule has 1 aliphatic rings. The van der Waals surface area contributed by atoms with Crippen molar-refractivity contribution in [3.63, 3.8) is 0 Å². The van der Waals surface area contributed by atoms with Crippen LogP contribution in [0.5, 0.6) is 0 Å². The summed E-state index contributed by atoms with van der Waals surface area (Å²) >= 11 is 12.2. The SMILES string of the molecule is Cc1cc(C(=O)N2CCC(CC(=O)O)CC2)nn1-c1ccc(Cl)cc1Cl. The van der Waals surface area contributed by atoms with Crippen LogP contribution in [0, 0.1) is 12.8 Å². The quantitative estimate of drug-likeness (QED) is 0.853. The molecule has 1 amide bonds. The van der Waals surface area contributed by atoms with E-state index in [4.69, 9.17) is 28.3 Å². The second kappa shape index (κ2) is 7.68. The van der Waals surface area contributed by atoms with Crippen LogP contribution in [0.3, 0.4) is 0 Å². The Morgan fingerprint density at radius 3 is 2.54 bits per heavy atom. The normalized spacial score (nSPS) is 15.3. The van der Waals surface area contributed by atoms with Crippen molar-refractivity contribution < 1.29 is 14.7 Å². The summed E-state index contributed by atoms with van der Waals surface area (Å²) in [6, 6.07) is 6.85. The van der Waals surface area contributed by atoms with Crippen LogP contribution in [0.2, 0.25) is 10.0 Å². The third-order valence-corrected chi connectivity index (χ3v) is 5.15. The lowest BCUT2D eigenvalue weighted by Crippen LogP contribution is -2.39. The van der Waals surface area contributed by atoms with E-state index in [-0.39, 0.29) is 18.2 Å². The highest BCUT2D eigenvalue weighted by Crippen LogP contribution is 2.26. The summed E-state index contributed by atoms with van der Waals surface area (Å²) in [6.07, 6.45) is 1.55. The van der Waals surface area contributed by atoms with Gasteiger partial charge >= 0.3 is 5.97 Å². The molecule has 0 bridgehead atoms. The Balaban J connectivity index is 1.75. The minimum atomic E-state index is -0.788. The lowest BCUT2D eigenvalue weighted by molar-refractivity contribution is -0.138. The topological polar surface area (TPSA) is 75.4 Å². The van der Waals surface area contributed by atoms with Gasteiger partial charge in [-0.15, -0.1) is 0 Å². The summed E-state index contributed by atoms with van der Waals surface area (Å²) in [5, 5.41) is 14.3. The lowest BCUT2D eigenvalue weighted by Gasteiger charge is -2.30. The molecule has 1 fully saturated rings. The molecule has 0 radical (unpaired) electrons. The average Bonchev–Trinajstić information content (AvgIpc) is 2.96. The van der Waals surface area contributed by atoms with Gasteiger partial charge < -0.3 is 10.0 Å². The van der Waals surface area contributed by atoms with Crippen molar-refractivity contribution in [3.05, 3.63) is 45.7 Å². The molecule has 2 aromatic rings. The van der Waals surface area contributed by atoms with Gasteiger partial charge in [0.05, 0.1) is 10.7 Å². The number of rotatable bonds is 4. The van der Waals surface area contributed by atoms with Gasteiger partial charge in [0.15, 0.2) is 5.69 Å². The summed E-state index contributed by atoms with van der Waals surface area (Å²) < 4.78 is 1.63. The van der Waals surface area contributed by atoms with E-state index in [0.29, 0.717) is 47.4 Å². The number of aromatic nitrogens is 2. The van der Waals surface area contributed by atoms with Crippen molar-refractivity contribution in [1.29, 1.82) is 0 Å². The maximum absolute atomic E-state index is 12.7. The Bertz CT molecular complexity index is 842. The first kappa shape index (κ1) is 18.7. The second-order valence-electron chi connectivity index (χ2n) is 6.51. The lowest BCUT2D eigenvalue weighted by atomic mass is 9.93. The van der Waals surface area contributed by atoms with Crippen molar-refractivity contribution in [2.75, 3.05) is 13.1 Å². The molecule has 138 valence electrons. The smallest absolute Gasteiger partial charge is 0.303 e. The van der Waals surface area contributed by atoms with Crippen LogP contribution in [0.4, 0.5) is 0 Å². The minimum Gasteiger partial charge on any atom is -0.481 e. The first-order chi connectivity index (χ1) is 12.3. The van der Waals surface area contributed by atoms with Gasteiger partial charge in [-0.25, -0.2) is 4.68 Å². The molecule has 0 atom stereocenters. The fraction of sp³-hybridized carbons (Fsp3) is 0.389. The van der Waals surface area contributed by atoms with Gasteiger partial charge in [-0.3, -0.25) is 9.59 Å². The number of likely N-dealkylation sites (tertiary alicyclic amines) is 1. The number of benzene rings is 1. The highest BCUT2D eigenvalue weighted by molar-refractivity contribution is 6.35. The van der Waals surface area contributed by atoms with E-state index in [1.165, 1.54) is 0 Å². The van der Waals surface area contributed by atoms with Gasteiger partial charge in [-0.2, -0.15) is 5.10 Å². The maximum atomic E-state index is 12.7. The first-order valence-electron chi connectivity index (χ1n) is 8.38. The molecule has 0 spiro atoms. The Kier molecular flexibility index (Phi) is 5.53. The molecular formula is C18H19Cl2N3O3. The molecule has 26 heavy (non-hydrogen) atoms. The summed E-state index contributed by atoms with van der Waals surface area (Å²) in [4.78, 5) is 25.3. The molecule has 0 saturated carbocycles. The molecule has 6 nitrogen and oxygen atoms in total. The monoisotopic (exact) mass is 395 g/mol. The van der Waals surface area contributed by atoms with Crippen LogP contribution in [-0.4, -0.2) is 44.8 Å². The molecular weight excluding hydrogens is 377 g/mol. The molecule has 2 heterocycles. The van der Waals surface area contributed by atoms with E-state index >= 15 is 0 Å². The standard InChI is InChI=1S/C18H19Cl2N3O3/c1-11-8-15(21-23(11)16-3-2-13(19)10-14(16)20)18(26)22-6-4-12(5-7-22)9-17(24)25/h2-3,8,10,12H,4-7,9H2,1H3,(H,24,25). The fourth-order valence-corrected chi connectivity index (χ4v) is 3.71. The van der Waals surface area contributed by atoms with Crippen molar-refractivity contribution in [2.24, 2.45) is 5.92 Å². The van der Waals surface area contributed by atoms with Crippen molar-refractivity contribution in [1.82, 2.24) is 14.7 Å². The Labute approximate surface area is 161 Å². The van der Waals surface area contributed by atoms with Gasteiger partial charge in [0.2, 0.25) is 0 Å². The molecule has 3 rings (SSSR count). The van der Waals surface area contributed by atoms with Crippen LogP contribution < -0.4 is 0 Å². The highest BCUT2D eigenvalue weighted by Gasteiger charge is 2.26. The van der Waals surface area contributed by atoms with Crippen molar-refractivity contribution in [2.45, 2.75) is 26.2 Å². The van der Waals surface area contributed by atoms with Gasteiger partial charge in [-0.1, -0.05) is 23.2 Å². The van der Waals surface area contributed by atoms with E-state index in [2.05, 4.69) is 5.10 Å². The first-order valence-corrected chi connectivity index (χ1v) is 9.14. The van der Waals surface area contributed by atoms with Crippen LogP contribution in [-0.2, 0) is 4.79 Å². The highest BCUT2D eigenvalue weighted by atomic mass is 35.5. The zero-order valence-corrected chi connectivity index (χ0v) is 15.8. The third kappa shape index (κ3) is 4.02. The average molecular weight is 396 g/mol. The number of carboxylic acid groups (broad SMARTS) is 1. The minimum absolute atomic E-state index is 0.128. The predicted octanol–water partition coefficient (Wildman–Crippen LogP) is 3.81. The van der Waals surface area contributed by atoms with E-state index in [9.17, 15) is 9.59 Å². The van der Waals surface area contributed by atoms with E-state index in [1.807, 2.05) is 6.92 Å². The fourth-order valence-electron chi connectivity index (χ4n) is 3.23. The zero-order chi connectivity index (χ0) is 18.8.